The monoisotopic (exact) mass is 320 g/mol. The van der Waals surface area contributed by atoms with Gasteiger partial charge < -0.3 is 29.9 Å². The van der Waals surface area contributed by atoms with Gasteiger partial charge in [-0.1, -0.05) is 0 Å². The highest BCUT2D eigenvalue weighted by Gasteiger charge is 2.14. The van der Waals surface area contributed by atoms with E-state index in [2.05, 4.69) is 9.47 Å². The number of nitrogens with zero attached hydrogens (tertiary/aromatic N) is 1. The molecule has 0 aromatic rings. The van der Waals surface area contributed by atoms with Crippen LogP contribution in [-0.2, 0) is 28.7 Å². The summed E-state index contributed by atoms with van der Waals surface area (Å²) >= 11 is 0. The molecule has 22 heavy (non-hydrogen) atoms. The lowest BCUT2D eigenvalue weighted by Crippen LogP contribution is -2.40. The van der Waals surface area contributed by atoms with Crippen LogP contribution in [0.4, 0.5) is 4.79 Å². The van der Waals surface area contributed by atoms with Crippen LogP contribution in [0.2, 0.25) is 0 Å². The second kappa shape index (κ2) is 9.96. The zero-order valence-corrected chi connectivity index (χ0v) is 11.7. The van der Waals surface area contributed by atoms with Gasteiger partial charge in [-0.15, -0.1) is 0 Å². The third kappa shape index (κ3) is 10.00. The fourth-order valence-corrected chi connectivity index (χ4v) is 1.05. The van der Waals surface area contributed by atoms with Gasteiger partial charge in [0.2, 0.25) is 12.7 Å². The van der Waals surface area contributed by atoms with E-state index in [0.29, 0.717) is 0 Å². The first-order chi connectivity index (χ1) is 10.2. The number of ether oxygens (including phenoxy) is 2. The van der Waals surface area contributed by atoms with Crippen molar-refractivity contribution in [1.82, 2.24) is 10.2 Å². The molecule has 3 N–H and O–H groups in total. The normalized spacial score (nSPS) is 9.50. The number of hydrogen-bond donors (Lipinski definition) is 3. The molecule has 0 aromatic heterocycles. The smallest absolute Gasteiger partial charge is 0.410 e. The second-order valence-electron chi connectivity index (χ2n) is 3.96. The van der Waals surface area contributed by atoms with Gasteiger partial charge in [0.1, 0.15) is 13.1 Å². The van der Waals surface area contributed by atoms with Crippen LogP contribution in [-0.4, -0.2) is 72.0 Å². The average Bonchev–Trinajstić information content (AvgIpc) is 2.41. The highest BCUT2D eigenvalue weighted by atomic mass is 16.7. The third-order valence-electron chi connectivity index (χ3n) is 2.14. The number of nitrogens with one attached hydrogen (secondary N) is 1. The van der Waals surface area contributed by atoms with E-state index in [1.807, 2.05) is 5.32 Å². The van der Waals surface area contributed by atoms with Gasteiger partial charge in [-0.2, -0.15) is 0 Å². The summed E-state index contributed by atoms with van der Waals surface area (Å²) in [4.78, 5) is 54.9. The van der Waals surface area contributed by atoms with Crippen LogP contribution in [0.5, 0.6) is 0 Å². The van der Waals surface area contributed by atoms with Crippen molar-refractivity contribution in [2.45, 2.75) is 12.8 Å². The molecular weight excluding hydrogens is 304 g/mol. The Labute approximate surface area is 124 Å². The molecule has 0 unspecified atom stereocenters. The molecule has 0 spiro atoms. The Hall–Kier alpha value is -2.85. The molecule has 0 fully saturated rings. The highest BCUT2D eigenvalue weighted by Crippen LogP contribution is 1.93. The summed E-state index contributed by atoms with van der Waals surface area (Å²) in [6.45, 7) is -1.74. The molecule has 0 atom stereocenters. The molecule has 0 aliphatic carbocycles. The predicted molar refractivity (Wildman–Crippen MR) is 67.6 cm³/mol. The first-order valence-electron chi connectivity index (χ1n) is 5.96. The largest absolute Gasteiger partial charge is 0.481 e. The summed E-state index contributed by atoms with van der Waals surface area (Å²) in [5.41, 5.74) is 0. The fourth-order valence-electron chi connectivity index (χ4n) is 1.05. The molecule has 0 aliphatic heterocycles. The summed E-state index contributed by atoms with van der Waals surface area (Å²) < 4.78 is 8.81. The number of likely N-dealkylation sites (N-methyl/N-ethyl adjacent to an activating group) is 1. The van der Waals surface area contributed by atoms with Crippen molar-refractivity contribution in [1.29, 1.82) is 0 Å². The van der Waals surface area contributed by atoms with E-state index in [0.717, 1.165) is 4.90 Å². The lowest BCUT2D eigenvalue weighted by atomic mass is 10.3. The second-order valence-corrected chi connectivity index (χ2v) is 3.96. The van der Waals surface area contributed by atoms with Crippen molar-refractivity contribution in [2.24, 2.45) is 0 Å². The molecule has 11 nitrogen and oxygen atoms in total. The van der Waals surface area contributed by atoms with Crippen LogP contribution in [0, 0.1) is 0 Å². The Morgan fingerprint density at radius 2 is 1.64 bits per heavy atom. The van der Waals surface area contributed by atoms with Gasteiger partial charge in [0.25, 0.3) is 0 Å². The van der Waals surface area contributed by atoms with Crippen LogP contribution in [0.25, 0.3) is 0 Å². The number of carboxylic acids is 2. The number of carboxylic acid groups (broad SMARTS) is 2. The van der Waals surface area contributed by atoms with Gasteiger partial charge in [0.05, 0.1) is 12.8 Å². The fraction of sp³-hybridized carbons (Fsp3) is 0.545. The minimum atomic E-state index is -1.20. The van der Waals surface area contributed by atoms with E-state index >= 15 is 0 Å². The maximum Gasteiger partial charge on any atom is 0.410 e. The van der Waals surface area contributed by atoms with Crippen LogP contribution in [0.1, 0.15) is 12.8 Å². The molecule has 0 aromatic carbocycles. The van der Waals surface area contributed by atoms with E-state index in [-0.39, 0.29) is 6.42 Å². The first kappa shape index (κ1) is 19.1. The molecule has 0 aliphatic rings. The van der Waals surface area contributed by atoms with Gasteiger partial charge >= 0.3 is 24.0 Å². The van der Waals surface area contributed by atoms with Gasteiger partial charge in [-0.25, -0.2) is 4.79 Å². The topological polar surface area (TPSA) is 160 Å². The standard InChI is InChI=1S/C11H16N2O9/c1-13(5-9(17)18)7(14)4-12-11(20)22-6-21-10(19)3-2-8(15)16/h2-6H2,1H3,(H,12,20)(H,15,16)(H,17,18). The molecule has 0 bridgehead atoms. The minimum Gasteiger partial charge on any atom is -0.481 e. The summed E-state index contributed by atoms with van der Waals surface area (Å²) in [6.07, 6.45) is -1.82. The van der Waals surface area contributed by atoms with Crippen molar-refractivity contribution in [3.63, 3.8) is 0 Å². The van der Waals surface area contributed by atoms with Gasteiger partial charge in [-0.05, 0) is 0 Å². The Kier molecular flexibility index (Phi) is 8.67. The maximum absolute atomic E-state index is 11.4. The van der Waals surface area contributed by atoms with E-state index in [4.69, 9.17) is 10.2 Å². The van der Waals surface area contributed by atoms with E-state index in [1.54, 1.807) is 0 Å². The average molecular weight is 320 g/mol. The first-order valence-corrected chi connectivity index (χ1v) is 5.96. The Morgan fingerprint density at radius 3 is 2.18 bits per heavy atom. The Morgan fingerprint density at radius 1 is 1.00 bits per heavy atom. The number of alkyl carbamates (subject to hydrolysis) is 1. The minimum absolute atomic E-state index is 0.362. The lowest BCUT2D eigenvalue weighted by molar-refractivity contribution is -0.154. The molecular formula is C11H16N2O9. The molecule has 0 rings (SSSR count). The van der Waals surface area contributed by atoms with Crippen molar-refractivity contribution in [3.8, 4) is 0 Å². The zero-order valence-electron chi connectivity index (χ0n) is 11.7. The molecule has 0 radical (unpaired) electrons. The molecule has 0 heterocycles. The van der Waals surface area contributed by atoms with E-state index in [1.165, 1.54) is 7.05 Å². The predicted octanol–water partition coefficient (Wildman–Crippen LogP) is -1.38. The molecule has 124 valence electrons. The zero-order chi connectivity index (χ0) is 17.1. The quantitative estimate of drug-likeness (QED) is 0.343. The number of aliphatic carboxylic acids is 2. The van der Waals surface area contributed by atoms with E-state index < -0.39 is 56.2 Å². The SMILES string of the molecule is CN(CC(=O)O)C(=O)CNC(=O)OCOC(=O)CCC(=O)O. The van der Waals surface area contributed by atoms with Crippen molar-refractivity contribution < 1.29 is 43.7 Å². The summed E-state index contributed by atoms with van der Waals surface area (Å²) in [5.74, 6) is -3.88. The van der Waals surface area contributed by atoms with Gasteiger partial charge in [0, 0.05) is 7.05 Å². The van der Waals surface area contributed by atoms with Crippen molar-refractivity contribution in [3.05, 3.63) is 0 Å². The number of carbonyl (C=O) groups is 5. The van der Waals surface area contributed by atoms with Crippen molar-refractivity contribution >= 4 is 29.9 Å². The highest BCUT2D eigenvalue weighted by molar-refractivity contribution is 5.85. The number of rotatable bonds is 9. The molecule has 0 saturated heterocycles. The maximum atomic E-state index is 11.4. The molecule has 11 heteroatoms. The van der Waals surface area contributed by atoms with Crippen LogP contribution in [0.15, 0.2) is 0 Å². The van der Waals surface area contributed by atoms with E-state index in [9.17, 15) is 24.0 Å². The summed E-state index contributed by atoms with van der Waals surface area (Å²) in [7, 11) is 1.24. The van der Waals surface area contributed by atoms with Crippen LogP contribution >= 0.6 is 0 Å². The van der Waals surface area contributed by atoms with Crippen LogP contribution in [0.3, 0.4) is 0 Å². The number of esters is 1. The summed E-state index contributed by atoms with van der Waals surface area (Å²) in [6, 6.07) is 0. The summed E-state index contributed by atoms with van der Waals surface area (Å²) in [5, 5.41) is 18.8. The molecule has 2 amide bonds. The lowest BCUT2D eigenvalue weighted by Gasteiger charge is -2.14. The van der Waals surface area contributed by atoms with Gasteiger partial charge in [-0.3, -0.25) is 19.2 Å². The number of amides is 2. The Bertz CT molecular complexity index is 449. The number of hydrogen-bond acceptors (Lipinski definition) is 7. The van der Waals surface area contributed by atoms with Crippen molar-refractivity contribution in [2.75, 3.05) is 26.9 Å². The van der Waals surface area contributed by atoms with Gasteiger partial charge in [0.15, 0.2) is 0 Å². The Balaban J connectivity index is 3.82. The molecule has 0 saturated carbocycles. The van der Waals surface area contributed by atoms with Crippen LogP contribution < -0.4 is 5.32 Å². The third-order valence-corrected chi connectivity index (χ3v) is 2.14. The number of carbonyl (C=O) groups excluding carboxylic acids is 3.